The van der Waals surface area contributed by atoms with Crippen LogP contribution in [0.25, 0.3) is 11.0 Å². The van der Waals surface area contributed by atoms with E-state index >= 15 is 0 Å². The average Bonchev–Trinajstić information content (AvgIpc) is 3.41. The molecule has 28 heavy (non-hydrogen) atoms. The molecular formula is C21H23N3O3S. The predicted octanol–water partition coefficient (Wildman–Crippen LogP) is 2.84. The smallest absolute Gasteiger partial charge is 0.268 e. The van der Waals surface area contributed by atoms with Crippen molar-refractivity contribution in [3.8, 4) is 5.75 Å². The Kier molecular flexibility index (Phi) is 4.17. The third-order valence-corrected chi connectivity index (χ3v) is 7.62. The molecule has 2 aliphatic rings. The standard InChI is InChI=1S/C21H23N3O3S/c1-23-10-3-4-17(23)12-16-14-24(19-5-2-9-22-21(16)19)28(25,26)18-7-6-15-8-11-27-20(15)13-18/h2,5-7,9,13-14,17H,3-4,8,10-12H2,1H3/t17-/m0/s1. The van der Waals surface area contributed by atoms with Crippen molar-refractivity contribution in [1.82, 2.24) is 13.9 Å². The van der Waals surface area contributed by atoms with Gasteiger partial charge in [0.15, 0.2) is 0 Å². The number of likely N-dealkylation sites (tertiary alicyclic amines) is 1. The first kappa shape index (κ1) is 17.7. The third-order valence-electron chi connectivity index (χ3n) is 5.95. The zero-order valence-corrected chi connectivity index (χ0v) is 16.7. The van der Waals surface area contributed by atoms with E-state index in [1.165, 1.54) is 10.4 Å². The lowest BCUT2D eigenvalue weighted by atomic mass is 10.1. The topological polar surface area (TPSA) is 64.4 Å². The molecule has 1 aromatic carbocycles. The SMILES string of the molecule is CN1CCC[C@H]1Cc1cn(S(=O)(=O)c2ccc3c(c2)OCC3)c2cccnc12. The van der Waals surface area contributed by atoms with E-state index in [2.05, 4.69) is 16.9 Å². The molecule has 7 heteroatoms. The number of aromatic nitrogens is 2. The van der Waals surface area contributed by atoms with Crippen LogP contribution in [0.15, 0.2) is 47.6 Å². The van der Waals surface area contributed by atoms with Crippen LogP contribution >= 0.6 is 0 Å². The molecule has 0 spiro atoms. The van der Waals surface area contributed by atoms with Gasteiger partial charge in [-0.2, -0.15) is 0 Å². The summed E-state index contributed by atoms with van der Waals surface area (Å²) in [6.07, 6.45) is 7.42. The van der Waals surface area contributed by atoms with Crippen LogP contribution in [-0.4, -0.2) is 48.5 Å². The Labute approximate surface area is 164 Å². The highest BCUT2D eigenvalue weighted by Gasteiger charge is 2.27. The van der Waals surface area contributed by atoms with Crippen molar-refractivity contribution in [2.24, 2.45) is 0 Å². The van der Waals surface area contributed by atoms with Crippen LogP contribution in [0.5, 0.6) is 5.75 Å². The Bertz CT molecular complexity index is 1150. The summed E-state index contributed by atoms with van der Waals surface area (Å²) < 4.78 is 33.8. The lowest BCUT2D eigenvalue weighted by molar-refractivity contribution is 0.309. The van der Waals surface area contributed by atoms with Gasteiger partial charge in [-0.1, -0.05) is 6.07 Å². The maximum atomic E-state index is 13.4. The Morgan fingerprint density at radius 1 is 1.29 bits per heavy atom. The maximum absolute atomic E-state index is 13.4. The van der Waals surface area contributed by atoms with Gasteiger partial charge in [0.2, 0.25) is 0 Å². The quantitative estimate of drug-likeness (QED) is 0.677. The number of ether oxygens (including phenoxy) is 1. The van der Waals surface area contributed by atoms with Crippen molar-refractivity contribution in [2.45, 2.75) is 36.6 Å². The molecule has 0 radical (unpaired) electrons. The number of likely N-dealkylation sites (N-methyl/N-ethyl adjacent to an activating group) is 1. The van der Waals surface area contributed by atoms with Gasteiger partial charge in [-0.25, -0.2) is 12.4 Å². The van der Waals surface area contributed by atoms with Gasteiger partial charge in [0.05, 0.1) is 22.5 Å². The minimum Gasteiger partial charge on any atom is -0.493 e. The van der Waals surface area contributed by atoms with Gasteiger partial charge in [0.1, 0.15) is 5.75 Å². The van der Waals surface area contributed by atoms with Gasteiger partial charge in [-0.05, 0) is 62.2 Å². The first-order chi connectivity index (χ1) is 13.5. The molecule has 0 amide bonds. The summed E-state index contributed by atoms with van der Waals surface area (Å²) in [4.78, 5) is 7.10. The Balaban J connectivity index is 1.60. The molecule has 2 aromatic heterocycles. The summed E-state index contributed by atoms with van der Waals surface area (Å²) in [6.45, 7) is 1.69. The van der Waals surface area contributed by atoms with Crippen LogP contribution in [0.2, 0.25) is 0 Å². The summed E-state index contributed by atoms with van der Waals surface area (Å²) in [6, 6.07) is 9.21. The van der Waals surface area contributed by atoms with Crippen LogP contribution < -0.4 is 4.74 Å². The molecule has 1 saturated heterocycles. The predicted molar refractivity (Wildman–Crippen MR) is 107 cm³/mol. The lowest BCUT2D eigenvalue weighted by Gasteiger charge is -2.18. The second-order valence-corrected chi connectivity index (χ2v) is 9.49. The van der Waals surface area contributed by atoms with Crippen LogP contribution in [0.1, 0.15) is 24.0 Å². The monoisotopic (exact) mass is 397 g/mol. The largest absolute Gasteiger partial charge is 0.493 e. The summed E-state index contributed by atoms with van der Waals surface area (Å²) in [5, 5.41) is 0. The minimum absolute atomic E-state index is 0.249. The number of nitrogens with zero attached hydrogens (tertiary/aromatic N) is 3. The molecule has 0 bridgehead atoms. The van der Waals surface area contributed by atoms with E-state index in [4.69, 9.17) is 4.74 Å². The normalized spacial score (nSPS) is 19.8. The Morgan fingerprint density at radius 3 is 3.00 bits per heavy atom. The second-order valence-electron chi connectivity index (χ2n) is 7.68. The molecule has 2 aliphatic heterocycles. The molecule has 4 heterocycles. The fraction of sp³-hybridized carbons (Fsp3) is 0.381. The molecule has 0 aliphatic carbocycles. The summed E-state index contributed by atoms with van der Waals surface area (Å²) in [5.41, 5.74) is 3.43. The van der Waals surface area contributed by atoms with E-state index in [-0.39, 0.29) is 4.90 Å². The first-order valence-electron chi connectivity index (χ1n) is 9.70. The summed E-state index contributed by atoms with van der Waals surface area (Å²) in [5.74, 6) is 0.670. The van der Waals surface area contributed by atoms with Crippen molar-refractivity contribution in [1.29, 1.82) is 0 Å². The van der Waals surface area contributed by atoms with Crippen molar-refractivity contribution in [3.63, 3.8) is 0 Å². The molecule has 1 fully saturated rings. The highest BCUT2D eigenvalue weighted by atomic mass is 32.2. The molecule has 6 nitrogen and oxygen atoms in total. The lowest BCUT2D eigenvalue weighted by Crippen LogP contribution is -2.26. The zero-order valence-electron chi connectivity index (χ0n) is 15.8. The van der Waals surface area contributed by atoms with Crippen LogP contribution in [0.3, 0.4) is 0 Å². The molecular weight excluding hydrogens is 374 g/mol. The Morgan fingerprint density at radius 2 is 2.18 bits per heavy atom. The van der Waals surface area contributed by atoms with Crippen LogP contribution in [-0.2, 0) is 22.9 Å². The minimum atomic E-state index is -3.73. The molecule has 0 unspecified atom stereocenters. The van der Waals surface area contributed by atoms with E-state index in [0.717, 1.165) is 42.5 Å². The van der Waals surface area contributed by atoms with Gasteiger partial charge in [-0.15, -0.1) is 0 Å². The Hall–Kier alpha value is -2.38. The van der Waals surface area contributed by atoms with E-state index in [1.807, 2.05) is 12.1 Å². The van der Waals surface area contributed by atoms with Gasteiger partial charge in [0.25, 0.3) is 10.0 Å². The number of hydrogen-bond donors (Lipinski definition) is 0. The zero-order chi connectivity index (χ0) is 19.3. The molecule has 0 N–H and O–H groups in total. The van der Waals surface area contributed by atoms with Crippen molar-refractivity contribution in [3.05, 3.63) is 53.9 Å². The molecule has 0 saturated carbocycles. The van der Waals surface area contributed by atoms with E-state index in [9.17, 15) is 8.42 Å². The van der Waals surface area contributed by atoms with Crippen molar-refractivity contribution in [2.75, 3.05) is 20.2 Å². The summed E-state index contributed by atoms with van der Waals surface area (Å²) in [7, 11) is -1.60. The maximum Gasteiger partial charge on any atom is 0.268 e. The van der Waals surface area contributed by atoms with Crippen LogP contribution in [0, 0.1) is 0 Å². The van der Waals surface area contributed by atoms with Crippen molar-refractivity contribution >= 4 is 21.1 Å². The molecule has 5 rings (SSSR count). The fourth-order valence-electron chi connectivity index (χ4n) is 4.35. The van der Waals surface area contributed by atoms with Crippen LogP contribution in [0.4, 0.5) is 0 Å². The first-order valence-corrected chi connectivity index (χ1v) is 11.1. The molecule has 3 aromatic rings. The number of fused-ring (bicyclic) bond motifs is 2. The molecule has 1 atom stereocenters. The van der Waals surface area contributed by atoms with E-state index < -0.39 is 10.0 Å². The van der Waals surface area contributed by atoms with E-state index in [0.29, 0.717) is 23.9 Å². The third kappa shape index (κ3) is 2.81. The number of benzene rings is 1. The number of hydrogen-bond acceptors (Lipinski definition) is 5. The van der Waals surface area contributed by atoms with Crippen molar-refractivity contribution < 1.29 is 13.2 Å². The van der Waals surface area contributed by atoms with Gasteiger partial charge < -0.3 is 9.64 Å². The number of pyridine rings is 1. The molecule has 146 valence electrons. The number of rotatable bonds is 4. The second kappa shape index (κ2) is 6.60. The average molecular weight is 398 g/mol. The highest BCUT2D eigenvalue weighted by Crippen LogP contribution is 2.32. The van der Waals surface area contributed by atoms with Gasteiger partial charge in [-0.3, -0.25) is 4.98 Å². The van der Waals surface area contributed by atoms with E-state index in [1.54, 1.807) is 30.6 Å². The highest BCUT2D eigenvalue weighted by molar-refractivity contribution is 7.90. The van der Waals surface area contributed by atoms with Gasteiger partial charge >= 0.3 is 0 Å². The summed E-state index contributed by atoms with van der Waals surface area (Å²) >= 11 is 0. The van der Waals surface area contributed by atoms with Gasteiger partial charge in [0, 0.05) is 30.9 Å². The fourth-order valence-corrected chi connectivity index (χ4v) is 5.75.